The molecule has 2 N–H and O–H groups in total. The summed E-state index contributed by atoms with van der Waals surface area (Å²) in [4.78, 5) is 4.36. The molecule has 0 amide bonds. The van der Waals surface area contributed by atoms with Gasteiger partial charge in [-0.1, -0.05) is 37.6 Å². The summed E-state index contributed by atoms with van der Waals surface area (Å²) in [6.07, 6.45) is 7.64. The fourth-order valence-electron chi connectivity index (χ4n) is 3.12. The van der Waals surface area contributed by atoms with Gasteiger partial charge in [0, 0.05) is 32.0 Å². The third-order valence-corrected chi connectivity index (χ3v) is 4.58. The van der Waals surface area contributed by atoms with Crippen molar-refractivity contribution in [2.45, 2.75) is 45.3 Å². The van der Waals surface area contributed by atoms with Crippen molar-refractivity contribution in [1.29, 1.82) is 0 Å². The zero-order chi connectivity index (χ0) is 16.8. The summed E-state index contributed by atoms with van der Waals surface area (Å²) >= 11 is 0. The Kier molecular flexibility index (Phi) is 5.51. The average Bonchev–Trinajstić information content (AvgIpc) is 3.11. The summed E-state index contributed by atoms with van der Waals surface area (Å²) in [6, 6.07) is 11.0. The highest BCUT2D eigenvalue weighted by Crippen LogP contribution is 2.34. The van der Waals surface area contributed by atoms with Crippen molar-refractivity contribution >= 4 is 5.96 Å². The van der Waals surface area contributed by atoms with E-state index in [4.69, 9.17) is 0 Å². The number of benzene rings is 1. The van der Waals surface area contributed by atoms with E-state index in [1.807, 2.05) is 30.2 Å². The van der Waals surface area contributed by atoms with Crippen molar-refractivity contribution in [3.8, 4) is 0 Å². The molecule has 0 saturated heterocycles. The van der Waals surface area contributed by atoms with Crippen LogP contribution in [0.2, 0.25) is 0 Å². The molecule has 0 bridgehead atoms. The smallest absolute Gasteiger partial charge is 0.191 e. The Morgan fingerprint density at radius 3 is 2.83 bits per heavy atom. The number of nitrogens with zero attached hydrogens (tertiary/aromatic N) is 3. The first kappa shape index (κ1) is 16.6. The molecule has 1 aromatic heterocycles. The number of aliphatic imine (C=N–C) groups is 1. The van der Waals surface area contributed by atoms with Crippen molar-refractivity contribution in [2.75, 3.05) is 7.05 Å². The van der Waals surface area contributed by atoms with Crippen LogP contribution in [0.15, 0.2) is 47.7 Å². The Morgan fingerprint density at radius 1 is 1.29 bits per heavy atom. The molecule has 1 aliphatic carbocycles. The third kappa shape index (κ3) is 4.37. The average molecular weight is 325 g/mol. The van der Waals surface area contributed by atoms with E-state index in [2.05, 4.69) is 51.9 Å². The second-order valence-corrected chi connectivity index (χ2v) is 6.43. The van der Waals surface area contributed by atoms with Gasteiger partial charge in [-0.15, -0.1) is 0 Å². The minimum Gasteiger partial charge on any atom is -0.353 e. The molecule has 0 aliphatic heterocycles. The predicted octanol–water partition coefficient (Wildman–Crippen LogP) is 2.79. The molecular formula is C19H27N5. The van der Waals surface area contributed by atoms with Crippen LogP contribution in [-0.4, -0.2) is 28.8 Å². The van der Waals surface area contributed by atoms with Gasteiger partial charge in [-0.2, -0.15) is 5.10 Å². The maximum Gasteiger partial charge on any atom is 0.191 e. The van der Waals surface area contributed by atoms with Crippen molar-refractivity contribution in [2.24, 2.45) is 10.9 Å². The minimum atomic E-state index is 0.593. The molecular weight excluding hydrogens is 298 g/mol. The highest BCUT2D eigenvalue weighted by molar-refractivity contribution is 5.80. The van der Waals surface area contributed by atoms with Gasteiger partial charge in [-0.25, -0.2) is 0 Å². The molecule has 1 fully saturated rings. The monoisotopic (exact) mass is 325 g/mol. The quantitative estimate of drug-likeness (QED) is 0.608. The van der Waals surface area contributed by atoms with Crippen LogP contribution >= 0.6 is 0 Å². The largest absolute Gasteiger partial charge is 0.353 e. The highest BCUT2D eigenvalue weighted by Gasteiger charge is 2.36. The Bertz CT molecular complexity index is 662. The van der Waals surface area contributed by atoms with Crippen LogP contribution in [0, 0.1) is 5.92 Å². The summed E-state index contributed by atoms with van der Waals surface area (Å²) in [5.41, 5.74) is 2.55. The van der Waals surface area contributed by atoms with E-state index in [0.717, 1.165) is 25.0 Å². The van der Waals surface area contributed by atoms with E-state index in [1.165, 1.54) is 30.4 Å². The van der Waals surface area contributed by atoms with E-state index in [0.29, 0.717) is 6.04 Å². The van der Waals surface area contributed by atoms with E-state index in [1.54, 1.807) is 0 Å². The molecule has 1 aliphatic rings. The molecule has 24 heavy (non-hydrogen) atoms. The van der Waals surface area contributed by atoms with Crippen LogP contribution in [0.3, 0.4) is 0 Å². The summed E-state index contributed by atoms with van der Waals surface area (Å²) < 4.78 is 1.95. The predicted molar refractivity (Wildman–Crippen MR) is 97.9 cm³/mol. The zero-order valence-corrected chi connectivity index (χ0v) is 14.6. The number of hydrogen-bond donors (Lipinski definition) is 2. The summed E-state index contributed by atoms with van der Waals surface area (Å²) in [5, 5.41) is 11.3. The van der Waals surface area contributed by atoms with Crippen LogP contribution in [0.4, 0.5) is 0 Å². The van der Waals surface area contributed by atoms with Gasteiger partial charge in [0.1, 0.15) is 0 Å². The molecule has 3 rings (SSSR count). The number of nitrogens with one attached hydrogen (secondary N) is 2. The molecule has 128 valence electrons. The zero-order valence-electron chi connectivity index (χ0n) is 14.6. The second kappa shape index (κ2) is 7.99. The number of guanidine groups is 1. The lowest BCUT2D eigenvalue weighted by molar-refractivity contribution is 0.653. The van der Waals surface area contributed by atoms with Crippen LogP contribution in [0.5, 0.6) is 0 Å². The first-order chi connectivity index (χ1) is 11.8. The van der Waals surface area contributed by atoms with Gasteiger partial charge in [0.25, 0.3) is 0 Å². The highest BCUT2D eigenvalue weighted by atomic mass is 15.3. The summed E-state index contributed by atoms with van der Waals surface area (Å²) in [7, 11) is 1.84. The first-order valence-electron chi connectivity index (χ1n) is 8.81. The fourth-order valence-corrected chi connectivity index (χ4v) is 3.12. The molecule has 1 aromatic carbocycles. The van der Waals surface area contributed by atoms with E-state index in [-0.39, 0.29) is 0 Å². The topological polar surface area (TPSA) is 54.2 Å². The van der Waals surface area contributed by atoms with Crippen LogP contribution in [0.25, 0.3) is 0 Å². The Morgan fingerprint density at radius 2 is 2.12 bits per heavy atom. The second-order valence-electron chi connectivity index (χ2n) is 6.43. The van der Waals surface area contributed by atoms with E-state index < -0.39 is 0 Å². The lowest BCUT2D eigenvalue weighted by Gasteiger charge is -2.14. The number of rotatable bonds is 7. The molecule has 1 heterocycles. The van der Waals surface area contributed by atoms with Gasteiger partial charge in [0.05, 0.1) is 6.54 Å². The summed E-state index contributed by atoms with van der Waals surface area (Å²) in [6.45, 7) is 3.80. The lowest BCUT2D eigenvalue weighted by atomic mass is 10.1. The van der Waals surface area contributed by atoms with Gasteiger partial charge in [0.2, 0.25) is 0 Å². The minimum absolute atomic E-state index is 0.593. The van der Waals surface area contributed by atoms with Gasteiger partial charge >= 0.3 is 0 Å². The standard InChI is InChI=1S/C19H27N5/c1-3-7-15-12-18(15)23-19(20-2)21-13-16-8-4-5-9-17(16)14-24-11-6-10-22-24/h4-6,8-11,15,18H,3,7,12-14H2,1-2H3,(H2,20,21,23). The molecule has 5 heteroatoms. The molecule has 2 unspecified atom stereocenters. The number of aromatic nitrogens is 2. The molecule has 5 nitrogen and oxygen atoms in total. The molecule has 0 radical (unpaired) electrons. The Labute approximate surface area is 144 Å². The van der Waals surface area contributed by atoms with Gasteiger partial charge in [-0.05, 0) is 36.0 Å². The van der Waals surface area contributed by atoms with Crippen LogP contribution in [0.1, 0.15) is 37.3 Å². The maximum absolute atomic E-state index is 4.36. The summed E-state index contributed by atoms with van der Waals surface area (Å²) in [5.74, 6) is 1.72. The Hall–Kier alpha value is -2.30. The van der Waals surface area contributed by atoms with E-state index >= 15 is 0 Å². The maximum atomic E-state index is 4.36. The molecule has 0 spiro atoms. The first-order valence-corrected chi connectivity index (χ1v) is 8.81. The third-order valence-electron chi connectivity index (χ3n) is 4.58. The Balaban J connectivity index is 1.56. The van der Waals surface area contributed by atoms with Crippen molar-refractivity contribution < 1.29 is 0 Å². The van der Waals surface area contributed by atoms with Crippen LogP contribution < -0.4 is 10.6 Å². The normalized spacial score (nSPS) is 20.0. The van der Waals surface area contributed by atoms with Gasteiger partial charge in [0.15, 0.2) is 5.96 Å². The molecule has 1 saturated carbocycles. The van der Waals surface area contributed by atoms with Gasteiger partial charge in [-0.3, -0.25) is 9.67 Å². The van der Waals surface area contributed by atoms with Gasteiger partial charge < -0.3 is 10.6 Å². The van der Waals surface area contributed by atoms with Crippen LogP contribution in [-0.2, 0) is 13.1 Å². The van der Waals surface area contributed by atoms with E-state index in [9.17, 15) is 0 Å². The number of hydrogen-bond acceptors (Lipinski definition) is 2. The molecule has 2 aromatic rings. The SMILES string of the molecule is CCCC1CC1NC(=NC)NCc1ccccc1Cn1cccn1. The van der Waals surface area contributed by atoms with Crippen molar-refractivity contribution in [3.05, 3.63) is 53.9 Å². The van der Waals surface area contributed by atoms with Crippen molar-refractivity contribution in [1.82, 2.24) is 20.4 Å². The lowest BCUT2D eigenvalue weighted by Crippen LogP contribution is -2.38. The van der Waals surface area contributed by atoms with Crippen molar-refractivity contribution in [3.63, 3.8) is 0 Å². The molecule has 2 atom stereocenters. The fraction of sp³-hybridized carbons (Fsp3) is 0.474.